The van der Waals surface area contributed by atoms with Crippen molar-refractivity contribution in [3.05, 3.63) is 66.5 Å². The van der Waals surface area contributed by atoms with Gasteiger partial charge >= 0.3 is 0 Å². The molecule has 0 aliphatic heterocycles. The van der Waals surface area contributed by atoms with Crippen LogP contribution in [0.3, 0.4) is 0 Å². The van der Waals surface area contributed by atoms with Crippen molar-refractivity contribution >= 4 is 11.9 Å². The first-order valence-corrected chi connectivity index (χ1v) is 5.63. The maximum absolute atomic E-state index is 4.28. The van der Waals surface area contributed by atoms with Gasteiger partial charge < -0.3 is 5.32 Å². The third-order valence-electron chi connectivity index (χ3n) is 2.01. The summed E-state index contributed by atoms with van der Waals surface area (Å²) >= 11 is 0. The quantitative estimate of drug-likeness (QED) is 0.596. The Morgan fingerprint density at radius 2 is 1.94 bits per heavy atom. The minimum Gasteiger partial charge on any atom is -0.365 e. The van der Waals surface area contributed by atoms with Gasteiger partial charge in [0, 0.05) is 18.1 Å². The Morgan fingerprint density at radius 3 is 2.65 bits per heavy atom. The molecule has 0 fully saturated rings. The van der Waals surface area contributed by atoms with E-state index in [1.54, 1.807) is 6.21 Å². The Balaban J connectivity index is 2.38. The average Bonchev–Trinajstić information content (AvgIpc) is 2.37. The number of rotatable bonds is 5. The van der Waals surface area contributed by atoms with Gasteiger partial charge in [-0.1, -0.05) is 30.4 Å². The largest absolute Gasteiger partial charge is 0.365 e. The second-order valence-electron chi connectivity index (χ2n) is 3.49. The molecular formula is C15H18N2. The summed E-state index contributed by atoms with van der Waals surface area (Å²) in [5.74, 6) is 0. The van der Waals surface area contributed by atoms with Gasteiger partial charge in [-0.2, -0.15) is 0 Å². The smallest absolute Gasteiger partial charge is 0.0629 e. The second-order valence-corrected chi connectivity index (χ2v) is 3.49. The minimum absolute atomic E-state index is 0.957. The van der Waals surface area contributed by atoms with Crippen LogP contribution >= 0.6 is 0 Å². The molecule has 0 bridgehead atoms. The lowest BCUT2D eigenvalue weighted by Crippen LogP contribution is -1.99. The fraction of sp³-hybridized carbons (Fsp3) is 0.133. The molecule has 0 spiro atoms. The highest BCUT2D eigenvalue weighted by atomic mass is 14.8. The van der Waals surface area contributed by atoms with Gasteiger partial charge in [0.1, 0.15) is 0 Å². The van der Waals surface area contributed by atoms with Crippen molar-refractivity contribution in [1.29, 1.82) is 0 Å². The van der Waals surface area contributed by atoms with Crippen molar-refractivity contribution in [2.75, 3.05) is 0 Å². The van der Waals surface area contributed by atoms with Gasteiger partial charge in [-0.25, -0.2) is 0 Å². The monoisotopic (exact) mass is 226 g/mol. The van der Waals surface area contributed by atoms with E-state index < -0.39 is 0 Å². The molecule has 17 heavy (non-hydrogen) atoms. The van der Waals surface area contributed by atoms with Crippen LogP contribution in [0.5, 0.6) is 0 Å². The summed E-state index contributed by atoms with van der Waals surface area (Å²) in [6.07, 6.45) is 11.5. The van der Waals surface area contributed by atoms with Gasteiger partial charge in [-0.05, 0) is 38.1 Å². The van der Waals surface area contributed by atoms with Gasteiger partial charge in [-0.15, -0.1) is 0 Å². The van der Waals surface area contributed by atoms with Crippen molar-refractivity contribution in [2.45, 2.75) is 13.8 Å². The third kappa shape index (κ3) is 6.15. The molecule has 0 atom stereocenters. The number of hydrogen-bond acceptors (Lipinski definition) is 2. The molecule has 0 heterocycles. The number of aliphatic imine (C=N–C) groups is 1. The summed E-state index contributed by atoms with van der Waals surface area (Å²) in [5, 5.41) is 3.14. The van der Waals surface area contributed by atoms with Crippen LogP contribution in [0, 0.1) is 0 Å². The van der Waals surface area contributed by atoms with Gasteiger partial charge in [0.15, 0.2) is 0 Å². The molecule has 2 heteroatoms. The minimum atomic E-state index is 0.957. The number of hydrogen-bond donors (Lipinski definition) is 1. The molecular weight excluding hydrogens is 208 g/mol. The van der Waals surface area contributed by atoms with Crippen molar-refractivity contribution in [3.8, 4) is 0 Å². The molecule has 0 aliphatic rings. The van der Waals surface area contributed by atoms with Gasteiger partial charge in [0.05, 0.1) is 5.69 Å². The summed E-state index contributed by atoms with van der Waals surface area (Å²) in [6.45, 7) is 4.00. The molecule has 0 saturated heterocycles. The van der Waals surface area contributed by atoms with Crippen LogP contribution in [0.4, 0.5) is 5.69 Å². The van der Waals surface area contributed by atoms with Crippen molar-refractivity contribution in [2.24, 2.45) is 4.99 Å². The maximum Gasteiger partial charge on any atom is 0.0629 e. The summed E-state index contributed by atoms with van der Waals surface area (Å²) in [4.78, 5) is 4.28. The molecule has 0 aliphatic carbocycles. The Hall–Kier alpha value is -2.09. The molecule has 0 unspecified atom stereocenters. The SMILES string of the molecule is C/C=C\C=C(/C)N/C=C/C=Nc1ccccc1. The van der Waals surface area contributed by atoms with Gasteiger partial charge in [0.2, 0.25) is 0 Å². The van der Waals surface area contributed by atoms with E-state index in [1.807, 2.05) is 74.7 Å². The average molecular weight is 226 g/mol. The highest BCUT2D eigenvalue weighted by Crippen LogP contribution is 2.07. The fourth-order valence-electron chi connectivity index (χ4n) is 1.15. The van der Waals surface area contributed by atoms with E-state index in [0.29, 0.717) is 0 Å². The summed E-state index contributed by atoms with van der Waals surface area (Å²) in [5.41, 5.74) is 2.05. The predicted molar refractivity (Wildman–Crippen MR) is 75.4 cm³/mol. The van der Waals surface area contributed by atoms with Crippen LogP contribution in [0.2, 0.25) is 0 Å². The third-order valence-corrected chi connectivity index (χ3v) is 2.01. The predicted octanol–water partition coefficient (Wildman–Crippen LogP) is 3.97. The van der Waals surface area contributed by atoms with Gasteiger partial charge in [-0.3, -0.25) is 4.99 Å². The van der Waals surface area contributed by atoms with Gasteiger partial charge in [0.25, 0.3) is 0 Å². The van der Waals surface area contributed by atoms with Crippen LogP contribution < -0.4 is 5.32 Å². The Morgan fingerprint density at radius 1 is 1.18 bits per heavy atom. The van der Waals surface area contributed by atoms with E-state index in [-0.39, 0.29) is 0 Å². The Labute approximate surface area is 103 Å². The fourth-order valence-corrected chi connectivity index (χ4v) is 1.15. The molecule has 1 aromatic rings. The Bertz CT molecular complexity index is 425. The number of para-hydroxylation sites is 1. The second kappa shape index (κ2) is 8.11. The van der Waals surface area contributed by atoms with Crippen molar-refractivity contribution in [1.82, 2.24) is 5.32 Å². The van der Waals surface area contributed by atoms with Crippen LogP contribution in [0.25, 0.3) is 0 Å². The van der Waals surface area contributed by atoms with Crippen LogP contribution in [0.1, 0.15) is 13.8 Å². The Kier molecular flexibility index (Phi) is 6.19. The first kappa shape index (κ1) is 13.0. The number of nitrogens with one attached hydrogen (secondary N) is 1. The normalized spacial score (nSPS) is 12.9. The lowest BCUT2D eigenvalue weighted by molar-refractivity contribution is 1.06. The van der Waals surface area contributed by atoms with E-state index in [4.69, 9.17) is 0 Å². The van der Waals surface area contributed by atoms with Crippen LogP contribution in [-0.2, 0) is 0 Å². The summed E-state index contributed by atoms with van der Waals surface area (Å²) < 4.78 is 0. The zero-order valence-electron chi connectivity index (χ0n) is 10.3. The molecule has 88 valence electrons. The van der Waals surface area contributed by atoms with E-state index in [9.17, 15) is 0 Å². The zero-order chi connectivity index (χ0) is 12.3. The van der Waals surface area contributed by atoms with Crippen LogP contribution in [0.15, 0.2) is 71.5 Å². The lowest BCUT2D eigenvalue weighted by atomic mass is 10.3. The highest BCUT2D eigenvalue weighted by molar-refractivity contribution is 5.74. The molecule has 1 N–H and O–H groups in total. The highest BCUT2D eigenvalue weighted by Gasteiger charge is 1.81. The number of allylic oxidation sites excluding steroid dienone is 5. The molecule has 2 nitrogen and oxygen atoms in total. The zero-order valence-corrected chi connectivity index (χ0v) is 10.3. The van der Waals surface area contributed by atoms with E-state index in [1.165, 1.54) is 0 Å². The molecule has 1 rings (SSSR count). The topological polar surface area (TPSA) is 24.4 Å². The van der Waals surface area contributed by atoms with E-state index in [2.05, 4.69) is 10.3 Å². The van der Waals surface area contributed by atoms with Crippen molar-refractivity contribution in [3.63, 3.8) is 0 Å². The lowest BCUT2D eigenvalue weighted by Gasteiger charge is -1.96. The van der Waals surface area contributed by atoms with E-state index in [0.717, 1.165) is 11.4 Å². The molecule has 0 saturated carbocycles. The molecule has 0 amide bonds. The standard InChI is InChI=1S/C15H18N2/c1-3-4-9-14(2)16-12-8-13-17-15-10-6-5-7-11-15/h3-13,16H,1-2H3/b4-3-,12-8+,14-9+,17-13?. The first-order chi connectivity index (χ1) is 8.33. The maximum atomic E-state index is 4.28. The molecule has 0 radical (unpaired) electrons. The summed E-state index contributed by atoms with van der Waals surface area (Å²) in [6, 6.07) is 9.85. The summed E-state index contributed by atoms with van der Waals surface area (Å²) in [7, 11) is 0. The number of benzene rings is 1. The number of nitrogens with zero attached hydrogens (tertiary/aromatic N) is 1. The van der Waals surface area contributed by atoms with E-state index >= 15 is 0 Å². The van der Waals surface area contributed by atoms with Crippen LogP contribution in [-0.4, -0.2) is 6.21 Å². The molecule has 1 aromatic carbocycles. The first-order valence-electron chi connectivity index (χ1n) is 5.63. The molecule has 0 aromatic heterocycles. The van der Waals surface area contributed by atoms with Crippen molar-refractivity contribution < 1.29 is 0 Å².